The second-order valence-electron chi connectivity index (χ2n) is 6.88. The Bertz CT molecular complexity index is 1100. The van der Waals surface area contributed by atoms with Crippen LogP contribution in [0, 0.1) is 0 Å². The number of nitrogens with zero attached hydrogens (tertiary/aromatic N) is 2. The van der Waals surface area contributed by atoms with E-state index in [0.717, 1.165) is 16.9 Å². The van der Waals surface area contributed by atoms with E-state index in [-0.39, 0.29) is 10.8 Å². The van der Waals surface area contributed by atoms with Crippen LogP contribution in [0.4, 0.5) is 0 Å². The predicted molar refractivity (Wildman–Crippen MR) is 117 cm³/mol. The van der Waals surface area contributed by atoms with Crippen LogP contribution in [0.3, 0.4) is 0 Å². The Morgan fingerprint density at radius 3 is 2.76 bits per heavy atom. The predicted octanol–water partition coefficient (Wildman–Crippen LogP) is 4.22. The van der Waals surface area contributed by atoms with Gasteiger partial charge in [0.05, 0.1) is 11.4 Å². The first-order valence-corrected chi connectivity index (χ1v) is 12.7. The van der Waals surface area contributed by atoms with Crippen LogP contribution in [0.25, 0.3) is 0 Å². The number of carbonyl (C=O) groups is 1. The van der Waals surface area contributed by atoms with E-state index in [1.807, 2.05) is 35.9 Å². The molecule has 0 N–H and O–H groups in total. The number of thiophene rings is 2. The fourth-order valence-corrected chi connectivity index (χ4v) is 6.54. The van der Waals surface area contributed by atoms with Crippen LogP contribution in [-0.2, 0) is 29.5 Å². The second-order valence-corrected chi connectivity index (χ2v) is 10.9. The van der Waals surface area contributed by atoms with Gasteiger partial charge in [-0.1, -0.05) is 12.1 Å². The molecule has 0 saturated heterocycles. The molecule has 1 aromatic carbocycles. The van der Waals surface area contributed by atoms with E-state index < -0.39 is 10.0 Å². The highest BCUT2D eigenvalue weighted by Crippen LogP contribution is 2.28. The summed E-state index contributed by atoms with van der Waals surface area (Å²) in [7, 11) is -3.65. The van der Waals surface area contributed by atoms with Crippen molar-refractivity contribution in [3.8, 4) is 0 Å². The Morgan fingerprint density at radius 2 is 2.00 bits per heavy atom. The maximum absolute atomic E-state index is 13.2. The Hall–Kier alpha value is -2.00. The van der Waals surface area contributed by atoms with Crippen molar-refractivity contribution in [1.29, 1.82) is 0 Å². The molecule has 1 aliphatic rings. The van der Waals surface area contributed by atoms with Gasteiger partial charge in [-0.3, -0.25) is 4.79 Å². The topological polar surface area (TPSA) is 57.7 Å². The molecule has 8 heteroatoms. The first kappa shape index (κ1) is 20.3. The van der Waals surface area contributed by atoms with Gasteiger partial charge in [-0.15, -0.1) is 22.7 Å². The molecule has 0 fully saturated rings. The smallest absolute Gasteiger partial charge is 0.254 e. The fourth-order valence-electron chi connectivity index (χ4n) is 3.47. The highest BCUT2D eigenvalue weighted by Gasteiger charge is 2.29. The van der Waals surface area contributed by atoms with Crippen LogP contribution in [-0.4, -0.2) is 36.6 Å². The molecule has 1 aliphatic heterocycles. The standard InChI is InChI=1S/C21H22N2O3S3/c1-2-22(15-18-6-4-11-27-18)21(24)16-5-3-7-19(13-16)29(25,26)23-10-8-20-17(14-23)9-12-28-20/h3-7,9,11-13H,2,8,10,14-15H2,1H3. The van der Waals surface area contributed by atoms with E-state index in [1.54, 1.807) is 45.8 Å². The van der Waals surface area contributed by atoms with Crippen molar-refractivity contribution in [1.82, 2.24) is 9.21 Å². The van der Waals surface area contributed by atoms with Gasteiger partial charge in [0, 0.05) is 35.0 Å². The van der Waals surface area contributed by atoms with Gasteiger partial charge in [0.2, 0.25) is 10.0 Å². The third-order valence-corrected chi connectivity index (χ3v) is 8.81. The van der Waals surface area contributed by atoms with Gasteiger partial charge in [0.25, 0.3) is 5.91 Å². The van der Waals surface area contributed by atoms with E-state index in [0.29, 0.717) is 31.7 Å². The van der Waals surface area contributed by atoms with E-state index in [4.69, 9.17) is 0 Å². The summed E-state index contributed by atoms with van der Waals surface area (Å²) in [6.07, 6.45) is 0.731. The molecule has 0 radical (unpaired) electrons. The minimum Gasteiger partial charge on any atom is -0.334 e. The van der Waals surface area contributed by atoms with Crippen molar-refractivity contribution in [2.24, 2.45) is 0 Å². The van der Waals surface area contributed by atoms with Gasteiger partial charge < -0.3 is 4.90 Å². The number of sulfonamides is 1. The van der Waals surface area contributed by atoms with Gasteiger partial charge in [-0.05, 0) is 60.0 Å². The number of carbonyl (C=O) groups excluding carboxylic acids is 1. The average Bonchev–Trinajstić information content (AvgIpc) is 3.42. The molecule has 3 aromatic rings. The minimum atomic E-state index is -3.65. The van der Waals surface area contributed by atoms with Crippen molar-refractivity contribution in [2.75, 3.05) is 13.1 Å². The van der Waals surface area contributed by atoms with Crippen molar-refractivity contribution in [3.05, 3.63) is 74.1 Å². The molecule has 152 valence electrons. The SMILES string of the molecule is CCN(Cc1cccs1)C(=O)c1cccc(S(=O)(=O)N2CCc3sccc3C2)c1. The molecule has 4 rings (SSSR count). The van der Waals surface area contributed by atoms with Gasteiger partial charge in [-0.2, -0.15) is 4.31 Å². The number of hydrogen-bond donors (Lipinski definition) is 0. The normalized spacial score (nSPS) is 14.5. The summed E-state index contributed by atoms with van der Waals surface area (Å²) in [5, 5.41) is 3.99. The number of amides is 1. The lowest BCUT2D eigenvalue weighted by Crippen LogP contribution is -2.35. The van der Waals surface area contributed by atoms with E-state index in [1.165, 1.54) is 15.2 Å². The Morgan fingerprint density at radius 1 is 1.14 bits per heavy atom. The molecule has 0 unspecified atom stereocenters. The molecular weight excluding hydrogens is 424 g/mol. The summed E-state index contributed by atoms with van der Waals surface area (Å²) in [6.45, 7) is 3.86. The molecule has 2 aromatic heterocycles. The molecule has 1 amide bonds. The Kier molecular flexibility index (Phi) is 5.87. The largest absolute Gasteiger partial charge is 0.334 e. The maximum atomic E-state index is 13.2. The fraction of sp³-hybridized carbons (Fsp3) is 0.286. The molecule has 0 saturated carbocycles. The summed E-state index contributed by atoms with van der Waals surface area (Å²) in [4.78, 5) is 17.3. The zero-order valence-corrected chi connectivity index (χ0v) is 18.5. The monoisotopic (exact) mass is 446 g/mol. The summed E-state index contributed by atoms with van der Waals surface area (Å²) in [6, 6.07) is 12.4. The van der Waals surface area contributed by atoms with Gasteiger partial charge in [-0.25, -0.2) is 8.42 Å². The molecule has 29 heavy (non-hydrogen) atoms. The molecule has 0 aliphatic carbocycles. The van der Waals surface area contributed by atoms with Crippen LogP contribution >= 0.6 is 22.7 Å². The third-order valence-electron chi connectivity index (χ3n) is 5.09. The van der Waals surface area contributed by atoms with Crippen LogP contribution in [0.15, 0.2) is 58.1 Å². The van der Waals surface area contributed by atoms with E-state index >= 15 is 0 Å². The number of hydrogen-bond acceptors (Lipinski definition) is 5. The van der Waals surface area contributed by atoms with Gasteiger partial charge in [0.15, 0.2) is 0 Å². The minimum absolute atomic E-state index is 0.156. The summed E-state index contributed by atoms with van der Waals surface area (Å²) >= 11 is 3.28. The average molecular weight is 447 g/mol. The number of rotatable bonds is 6. The first-order valence-electron chi connectivity index (χ1n) is 9.46. The van der Waals surface area contributed by atoms with Crippen molar-refractivity contribution in [3.63, 3.8) is 0 Å². The van der Waals surface area contributed by atoms with Crippen LogP contribution in [0.5, 0.6) is 0 Å². The van der Waals surface area contributed by atoms with Crippen molar-refractivity contribution in [2.45, 2.75) is 31.3 Å². The number of fused-ring (bicyclic) bond motifs is 1. The second kappa shape index (κ2) is 8.39. The molecule has 3 heterocycles. The van der Waals surface area contributed by atoms with Gasteiger partial charge >= 0.3 is 0 Å². The lowest BCUT2D eigenvalue weighted by Gasteiger charge is -2.26. The molecule has 0 bridgehead atoms. The van der Waals surface area contributed by atoms with E-state index in [2.05, 4.69) is 0 Å². The van der Waals surface area contributed by atoms with E-state index in [9.17, 15) is 13.2 Å². The lowest BCUT2D eigenvalue weighted by molar-refractivity contribution is 0.0754. The molecule has 0 spiro atoms. The zero-order valence-electron chi connectivity index (χ0n) is 16.1. The van der Waals surface area contributed by atoms with Crippen molar-refractivity contribution >= 4 is 38.6 Å². The van der Waals surface area contributed by atoms with Crippen LogP contribution < -0.4 is 0 Å². The highest BCUT2D eigenvalue weighted by atomic mass is 32.2. The van der Waals surface area contributed by atoms with Crippen molar-refractivity contribution < 1.29 is 13.2 Å². The molecule has 0 atom stereocenters. The first-order chi connectivity index (χ1) is 14.0. The number of benzene rings is 1. The van der Waals surface area contributed by atoms with Crippen LogP contribution in [0.1, 0.15) is 32.6 Å². The maximum Gasteiger partial charge on any atom is 0.254 e. The Labute approximate surface area is 179 Å². The quantitative estimate of drug-likeness (QED) is 0.570. The zero-order chi connectivity index (χ0) is 20.4. The summed E-state index contributed by atoms with van der Waals surface area (Å²) < 4.78 is 27.9. The third kappa shape index (κ3) is 4.16. The summed E-state index contributed by atoms with van der Waals surface area (Å²) in [5.74, 6) is -0.156. The van der Waals surface area contributed by atoms with Gasteiger partial charge in [0.1, 0.15) is 0 Å². The summed E-state index contributed by atoms with van der Waals surface area (Å²) in [5.41, 5.74) is 1.47. The highest BCUT2D eigenvalue weighted by molar-refractivity contribution is 7.89. The Balaban J connectivity index is 1.57. The molecule has 5 nitrogen and oxygen atoms in total. The lowest BCUT2D eigenvalue weighted by atomic mass is 10.1. The molecular formula is C21H22N2O3S3. The van der Waals surface area contributed by atoms with Crippen LogP contribution in [0.2, 0.25) is 0 Å².